The Balaban J connectivity index is 1.64. The molecule has 0 aliphatic rings. The number of nitrogens with zero attached hydrogens (tertiary/aromatic N) is 5. The first kappa shape index (κ1) is 25.4. The second-order valence-corrected chi connectivity index (χ2v) is 15.0. The van der Waals surface area contributed by atoms with E-state index >= 15 is 0 Å². The van der Waals surface area contributed by atoms with E-state index in [2.05, 4.69) is 39.8 Å². The molecule has 0 atom stereocenters. The molecule has 0 saturated heterocycles. The molecule has 0 fully saturated rings. The quantitative estimate of drug-likeness (QED) is 0.236. The van der Waals surface area contributed by atoms with Crippen LogP contribution in [0.5, 0.6) is 11.6 Å². The van der Waals surface area contributed by atoms with Gasteiger partial charge in [0, 0.05) is 33.4 Å². The molecule has 3 heterocycles. The molecule has 0 amide bonds. The minimum Gasteiger partial charge on any atom is -0.435 e. The molecule has 0 aliphatic heterocycles. The molecule has 192 valence electrons. The third-order valence-electron chi connectivity index (χ3n) is 5.23. The fourth-order valence-corrected chi connectivity index (χ4v) is 4.20. The Morgan fingerprint density at radius 2 is 1.92 bits per heavy atom. The van der Waals surface area contributed by atoms with Crippen LogP contribution in [0, 0.1) is 0 Å². The summed E-state index contributed by atoms with van der Waals surface area (Å²) in [5.74, 6) is 0.691. The largest absolute Gasteiger partial charge is 0.435 e. The van der Waals surface area contributed by atoms with Gasteiger partial charge in [-0.15, -0.1) is 0 Å². The molecule has 0 spiro atoms. The molecule has 0 radical (unpaired) electrons. The normalized spacial score (nSPS) is 11.9. The van der Waals surface area contributed by atoms with Gasteiger partial charge in [0.1, 0.15) is 12.4 Å². The summed E-state index contributed by atoms with van der Waals surface area (Å²) in [7, 11) is 0.491. The lowest BCUT2D eigenvalue weighted by atomic mass is 10.1. The standard InChI is InChI=1S/C23H28F2N6O4Si/c1-29-22(34-17-13-26-30(14-17)15-33-10-11-36(2,3)4)20(21(28-29)16-8-6-5-7-9-16)18-12-19(32)31(27-18)35-23(24)25/h5-9,12-14,23,27H,10-11,15H2,1-4H3. The molecule has 1 N–H and O–H groups in total. The van der Waals surface area contributed by atoms with Crippen LogP contribution in [0.1, 0.15) is 0 Å². The number of H-pyrrole nitrogens is 1. The number of aromatic nitrogens is 6. The maximum atomic E-state index is 12.7. The van der Waals surface area contributed by atoms with Gasteiger partial charge >= 0.3 is 12.2 Å². The highest BCUT2D eigenvalue weighted by atomic mass is 28.3. The van der Waals surface area contributed by atoms with E-state index in [1.807, 2.05) is 30.3 Å². The Morgan fingerprint density at radius 1 is 1.17 bits per heavy atom. The lowest BCUT2D eigenvalue weighted by molar-refractivity contribution is -0.145. The number of benzene rings is 1. The number of aryl methyl sites for hydroxylation is 1. The molecule has 0 unspecified atom stereocenters. The first-order chi connectivity index (χ1) is 17.1. The van der Waals surface area contributed by atoms with Crippen LogP contribution in [0.4, 0.5) is 8.78 Å². The highest BCUT2D eigenvalue weighted by Crippen LogP contribution is 2.39. The highest BCUT2D eigenvalue weighted by Gasteiger charge is 2.24. The average Bonchev–Trinajstić information content (AvgIpc) is 3.49. The molecule has 0 saturated carbocycles. The first-order valence-corrected chi connectivity index (χ1v) is 15.0. The van der Waals surface area contributed by atoms with Crippen molar-refractivity contribution in [3.63, 3.8) is 0 Å². The monoisotopic (exact) mass is 518 g/mol. The van der Waals surface area contributed by atoms with Crippen LogP contribution in [0.3, 0.4) is 0 Å². The minimum atomic E-state index is -3.17. The molecule has 0 aliphatic carbocycles. The lowest BCUT2D eigenvalue weighted by Crippen LogP contribution is -2.27. The number of ether oxygens (including phenoxy) is 2. The van der Waals surface area contributed by atoms with E-state index in [1.54, 1.807) is 17.9 Å². The van der Waals surface area contributed by atoms with Gasteiger partial charge in [-0.25, -0.2) is 9.36 Å². The van der Waals surface area contributed by atoms with E-state index in [0.717, 1.165) is 17.7 Å². The van der Waals surface area contributed by atoms with Crippen LogP contribution in [-0.4, -0.2) is 50.8 Å². The summed E-state index contributed by atoms with van der Waals surface area (Å²) in [5.41, 5.74) is 1.04. The lowest BCUT2D eigenvalue weighted by Gasteiger charge is -2.15. The molecule has 10 nitrogen and oxygen atoms in total. The van der Waals surface area contributed by atoms with Gasteiger partial charge in [-0.1, -0.05) is 54.8 Å². The van der Waals surface area contributed by atoms with Crippen LogP contribution >= 0.6 is 0 Å². The van der Waals surface area contributed by atoms with E-state index in [9.17, 15) is 13.6 Å². The number of halogens is 2. The van der Waals surface area contributed by atoms with Crippen molar-refractivity contribution in [1.82, 2.24) is 29.5 Å². The zero-order chi connectivity index (χ0) is 25.9. The third kappa shape index (κ3) is 6.09. The molecular formula is C23H28F2N6O4Si. The van der Waals surface area contributed by atoms with Crippen LogP contribution in [0.15, 0.2) is 53.6 Å². The first-order valence-electron chi connectivity index (χ1n) is 11.3. The number of hydrogen-bond acceptors (Lipinski definition) is 6. The van der Waals surface area contributed by atoms with Crippen molar-refractivity contribution < 1.29 is 23.1 Å². The van der Waals surface area contributed by atoms with E-state index in [1.165, 1.54) is 10.9 Å². The molecule has 1 aromatic carbocycles. The number of hydrogen-bond donors (Lipinski definition) is 1. The van der Waals surface area contributed by atoms with Crippen molar-refractivity contribution in [2.75, 3.05) is 6.61 Å². The zero-order valence-corrected chi connectivity index (χ0v) is 21.4. The Kier molecular flexibility index (Phi) is 7.40. The van der Waals surface area contributed by atoms with Gasteiger partial charge in [-0.05, 0) is 6.04 Å². The molecule has 0 bridgehead atoms. The zero-order valence-electron chi connectivity index (χ0n) is 20.4. The van der Waals surface area contributed by atoms with Crippen molar-refractivity contribution in [1.29, 1.82) is 0 Å². The average molecular weight is 519 g/mol. The van der Waals surface area contributed by atoms with Gasteiger partial charge in [-0.3, -0.25) is 9.89 Å². The molecule has 3 aromatic heterocycles. The van der Waals surface area contributed by atoms with Crippen molar-refractivity contribution in [3.8, 4) is 34.1 Å². The van der Waals surface area contributed by atoms with Gasteiger partial charge in [0.15, 0.2) is 5.75 Å². The van der Waals surface area contributed by atoms with Crippen LogP contribution in [0.2, 0.25) is 25.7 Å². The van der Waals surface area contributed by atoms with Crippen LogP contribution < -0.4 is 15.1 Å². The molecule has 36 heavy (non-hydrogen) atoms. The van der Waals surface area contributed by atoms with Gasteiger partial charge < -0.3 is 14.3 Å². The number of rotatable bonds is 11. The summed E-state index contributed by atoms with van der Waals surface area (Å²) in [6.45, 7) is 4.61. The number of aromatic amines is 1. The van der Waals surface area contributed by atoms with Gasteiger partial charge in [0.2, 0.25) is 5.88 Å². The summed E-state index contributed by atoms with van der Waals surface area (Å²) >= 11 is 0. The van der Waals surface area contributed by atoms with Gasteiger partial charge in [-0.2, -0.15) is 19.0 Å². The Bertz CT molecular complexity index is 1360. The topological polar surface area (TPSA) is 101 Å². The SMILES string of the molecule is Cn1nc(-c2ccccc2)c(-c2cc(=O)n(OC(F)F)[nH]2)c1Oc1cnn(COCC[Si](C)(C)C)c1. The van der Waals surface area contributed by atoms with E-state index in [0.29, 0.717) is 28.5 Å². The second-order valence-electron chi connectivity index (χ2n) is 9.35. The van der Waals surface area contributed by atoms with Crippen molar-refractivity contribution in [3.05, 3.63) is 59.1 Å². The van der Waals surface area contributed by atoms with Crippen LogP contribution in [0.25, 0.3) is 22.5 Å². The van der Waals surface area contributed by atoms with Gasteiger partial charge in [0.05, 0.1) is 23.7 Å². The smallest absolute Gasteiger partial charge is 0.407 e. The fraction of sp³-hybridized carbons (Fsp3) is 0.348. The minimum absolute atomic E-state index is 0.199. The summed E-state index contributed by atoms with van der Waals surface area (Å²) in [5, 5.41) is 11.4. The molecule has 4 rings (SSSR count). The Morgan fingerprint density at radius 3 is 2.61 bits per heavy atom. The highest BCUT2D eigenvalue weighted by molar-refractivity contribution is 6.76. The van der Waals surface area contributed by atoms with Gasteiger partial charge in [0.25, 0.3) is 0 Å². The molecule has 4 aromatic rings. The van der Waals surface area contributed by atoms with E-state index in [-0.39, 0.29) is 18.3 Å². The molecule has 13 heteroatoms. The van der Waals surface area contributed by atoms with Crippen molar-refractivity contribution in [2.24, 2.45) is 7.05 Å². The summed E-state index contributed by atoms with van der Waals surface area (Å²) in [6.07, 6.45) is 3.22. The van der Waals surface area contributed by atoms with E-state index in [4.69, 9.17) is 9.47 Å². The predicted molar refractivity (Wildman–Crippen MR) is 132 cm³/mol. The number of nitrogens with one attached hydrogen (secondary N) is 1. The predicted octanol–water partition coefficient (Wildman–Crippen LogP) is 4.20. The van der Waals surface area contributed by atoms with Crippen molar-refractivity contribution in [2.45, 2.75) is 39.0 Å². The van der Waals surface area contributed by atoms with Crippen molar-refractivity contribution >= 4 is 8.07 Å². The number of alkyl halides is 2. The maximum Gasteiger partial charge on any atom is 0.407 e. The third-order valence-corrected chi connectivity index (χ3v) is 6.93. The summed E-state index contributed by atoms with van der Waals surface area (Å²) < 4.78 is 40.4. The summed E-state index contributed by atoms with van der Waals surface area (Å²) in [6, 6.07) is 11.4. The Hall–Kier alpha value is -3.71. The van der Waals surface area contributed by atoms with Crippen LogP contribution in [-0.2, 0) is 18.5 Å². The Labute approximate surface area is 207 Å². The van der Waals surface area contributed by atoms with E-state index < -0.39 is 20.2 Å². The summed E-state index contributed by atoms with van der Waals surface area (Å²) in [4.78, 5) is 16.9. The molecular weight excluding hydrogens is 490 g/mol. The second kappa shape index (κ2) is 10.5. The fourth-order valence-electron chi connectivity index (χ4n) is 3.45. The maximum absolute atomic E-state index is 12.7.